The van der Waals surface area contributed by atoms with E-state index in [1.807, 2.05) is 11.8 Å². The SMILES string of the molecule is Cc1ncncc1C(=O)N1CCC(N2CCN(C)CC2)C(CCC(=O)O)C1. The second-order valence-corrected chi connectivity index (χ2v) is 7.66. The Morgan fingerprint density at radius 1 is 1.22 bits per heavy atom. The molecule has 0 spiro atoms. The molecule has 0 aromatic carbocycles. The predicted molar refractivity (Wildman–Crippen MR) is 101 cm³/mol. The zero-order chi connectivity index (χ0) is 19.4. The molecule has 148 valence electrons. The summed E-state index contributed by atoms with van der Waals surface area (Å²) in [6.45, 7) is 7.17. The topological polar surface area (TPSA) is 89.9 Å². The molecule has 3 heterocycles. The predicted octanol–water partition coefficient (Wildman–Crippen LogP) is 0.728. The monoisotopic (exact) mass is 375 g/mol. The molecule has 2 aliphatic heterocycles. The Morgan fingerprint density at radius 2 is 1.96 bits per heavy atom. The summed E-state index contributed by atoms with van der Waals surface area (Å²) in [6, 6.07) is 0.343. The van der Waals surface area contributed by atoms with Crippen LogP contribution in [0, 0.1) is 12.8 Å². The van der Waals surface area contributed by atoms with Gasteiger partial charge in [0.05, 0.1) is 11.3 Å². The van der Waals surface area contributed by atoms with E-state index in [-0.39, 0.29) is 18.2 Å². The van der Waals surface area contributed by atoms with E-state index >= 15 is 0 Å². The van der Waals surface area contributed by atoms with E-state index in [4.69, 9.17) is 5.11 Å². The molecular formula is C19H29N5O3. The van der Waals surface area contributed by atoms with Crippen molar-refractivity contribution in [3.05, 3.63) is 23.8 Å². The summed E-state index contributed by atoms with van der Waals surface area (Å²) >= 11 is 0. The lowest BCUT2D eigenvalue weighted by molar-refractivity contribution is -0.137. The van der Waals surface area contributed by atoms with Crippen molar-refractivity contribution in [1.29, 1.82) is 0 Å². The minimum atomic E-state index is -0.775. The number of piperidine rings is 1. The first kappa shape index (κ1) is 19.7. The van der Waals surface area contributed by atoms with Crippen LogP contribution in [0.5, 0.6) is 0 Å². The van der Waals surface area contributed by atoms with Gasteiger partial charge < -0.3 is 14.9 Å². The summed E-state index contributed by atoms with van der Waals surface area (Å²) in [5.41, 5.74) is 1.21. The molecule has 1 aromatic rings. The van der Waals surface area contributed by atoms with Crippen molar-refractivity contribution in [2.24, 2.45) is 5.92 Å². The van der Waals surface area contributed by atoms with Gasteiger partial charge in [0.1, 0.15) is 6.33 Å². The lowest BCUT2D eigenvalue weighted by Gasteiger charge is -2.46. The van der Waals surface area contributed by atoms with Gasteiger partial charge in [0.15, 0.2) is 0 Å². The number of piperazine rings is 1. The zero-order valence-electron chi connectivity index (χ0n) is 16.2. The number of likely N-dealkylation sites (tertiary alicyclic amines) is 1. The molecule has 8 heteroatoms. The number of likely N-dealkylation sites (N-methyl/N-ethyl adjacent to an activating group) is 1. The Hall–Kier alpha value is -2.06. The van der Waals surface area contributed by atoms with Crippen molar-refractivity contribution in [3.8, 4) is 0 Å². The van der Waals surface area contributed by atoms with Gasteiger partial charge >= 0.3 is 5.97 Å². The first-order valence-electron chi connectivity index (χ1n) is 9.66. The third kappa shape index (κ3) is 4.81. The van der Waals surface area contributed by atoms with Crippen LogP contribution in [0.25, 0.3) is 0 Å². The number of rotatable bonds is 5. The van der Waals surface area contributed by atoms with Crippen molar-refractivity contribution in [1.82, 2.24) is 24.7 Å². The molecule has 1 aromatic heterocycles. The molecule has 0 radical (unpaired) electrons. The van der Waals surface area contributed by atoms with Crippen LogP contribution < -0.4 is 0 Å². The van der Waals surface area contributed by atoms with Gasteiger partial charge in [-0.25, -0.2) is 9.97 Å². The van der Waals surface area contributed by atoms with Gasteiger partial charge in [-0.1, -0.05) is 0 Å². The lowest BCUT2D eigenvalue weighted by atomic mass is 9.86. The number of carbonyl (C=O) groups is 2. The Morgan fingerprint density at radius 3 is 2.63 bits per heavy atom. The number of amides is 1. The number of carbonyl (C=O) groups excluding carboxylic acids is 1. The first-order chi connectivity index (χ1) is 13.0. The molecular weight excluding hydrogens is 346 g/mol. The Balaban J connectivity index is 1.71. The van der Waals surface area contributed by atoms with Crippen molar-refractivity contribution in [2.45, 2.75) is 32.2 Å². The molecule has 8 nitrogen and oxygen atoms in total. The molecule has 2 unspecified atom stereocenters. The van der Waals surface area contributed by atoms with Crippen LogP contribution in [0.15, 0.2) is 12.5 Å². The normalized spacial score (nSPS) is 24.7. The Bertz CT molecular complexity index is 675. The van der Waals surface area contributed by atoms with Crippen molar-refractivity contribution < 1.29 is 14.7 Å². The quantitative estimate of drug-likeness (QED) is 0.811. The fraction of sp³-hybridized carbons (Fsp3) is 0.684. The second-order valence-electron chi connectivity index (χ2n) is 7.66. The standard InChI is InChI=1S/C19H29N5O3/c1-14-16(11-20-13-21-14)19(27)24-6-5-17(15(12-24)3-4-18(25)26)23-9-7-22(2)8-10-23/h11,13,15,17H,3-10,12H2,1-2H3,(H,25,26). The number of aliphatic carboxylic acids is 1. The first-order valence-corrected chi connectivity index (χ1v) is 9.66. The zero-order valence-corrected chi connectivity index (χ0v) is 16.2. The van der Waals surface area contributed by atoms with Gasteiger partial charge in [-0.05, 0) is 32.7 Å². The highest BCUT2D eigenvalue weighted by Crippen LogP contribution is 2.28. The van der Waals surface area contributed by atoms with Crippen LogP contribution >= 0.6 is 0 Å². The Labute approximate surface area is 160 Å². The molecule has 2 saturated heterocycles. The third-order valence-electron chi connectivity index (χ3n) is 5.86. The van der Waals surface area contributed by atoms with Gasteiger partial charge in [0, 0.05) is 57.9 Å². The van der Waals surface area contributed by atoms with Crippen LogP contribution in [-0.4, -0.2) is 94.0 Å². The molecule has 0 saturated carbocycles. The average molecular weight is 375 g/mol. The maximum absolute atomic E-state index is 12.9. The number of aryl methyl sites for hydroxylation is 1. The average Bonchev–Trinajstić information content (AvgIpc) is 2.67. The maximum Gasteiger partial charge on any atom is 0.303 e. The molecule has 2 atom stereocenters. The van der Waals surface area contributed by atoms with E-state index in [0.29, 0.717) is 36.8 Å². The molecule has 2 aliphatic rings. The Kier molecular flexibility index (Phi) is 6.38. The van der Waals surface area contributed by atoms with E-state index in [1.165, 1.54) is 6.33 Å². The van der Waals surface area contributed by atoms with Crippen LogP contribution in [0.2, 0.25) is 0 Å². The maximum atomic E-state index is 12.9. The summed E-state index contributed by atoms with van der Waals surface area (Å²) in [7, 11) is 2.13. The van der Waals surface area contributed by atoms with Crippen LogP contribution in [-0.2, 0) is 4.79 Å². The van der Waals surface area contributed by atoms with Crippen molar-refractivity contribution in [3.63, 3.8) is 0 Å². The highest BCUT2D eigenvalue weighted by atomic mass is 16.4. The molecule has 2 fully saturated rings. The fourth-order valence-electron chi connectivity index (χ4n) is 4.20. The number of carboxylic acid groups (broad SMARTS) is 1. The van der Waals surface area contributed by atoms with Crippen molar-refractivity contribution in [2.75, 3.05) is 46.3 Å². The van der Waals surface area contributed by atoms with Crippen molar-refractivity contribution >= 4 is 11.9 Å². The van der Waals surface area contributed by atoms with Crippen LogP contribution in [0.4, 0.5) is 0 Å². The van der Waals surface area contributed by atoms with E-state index in [2.05, 4.69) is 26.8 Å². The summed E-state index contributed by atoms with van der Waals surface area (Å²) < 4.78 is 0. The van der Waals surface area contributed by atoms with Gasteiger partial charge in [-0.3, -0.25) is 14.5 Å². The minimum Gasteiger partial charge on any atom is -0.481 e. The fourth-order valence-corrected chi connectivity index (χ4v) is 4.20. The summed E-state index contributed by atoms with van der Waals surface area (Å²) in [6.07, 6.45) is 4.64. The number of aromatic nitrogens is 2. The highest BCUT2D eigenvalue weighted by molar-refractivity contribution is 5.95. The van der Waals surface area contributed by atoms with Crippen LogP contribution in [0.3, 0.4) is 0 Å². The van der Waals surface area contributed by atoms with Gasteiger partial charge in [0.25, 0.3) is 5.91 Å². The van der Waals surface area contributed by atoms with E-state index < -0.39 is 5.97 Å². The van der Waals surface area contributed by atoms with Gasteiger partial charge in [-0.2, -0.15) is 0 Å². The minimum absolute atomic E-state index is 0.0507. The largest absolute Gasteiger partial charge is 0.481 e. The highest BCUT2D eigenvalue weighted by Gasteiger charge is 2.36. The second kappa shape index (κ2) is 8.75. The lowest BCUT2D eigenvalue weighted by Crippen LogP contribution is -2.57. The summed E-state index contributed by atoms with van der Waals surface area (Å²) in [4.78, 5) is 38.8. The number of hydrogen-bond acceptors (Lipinski definition) is 6. The van der Waals surface area contributed by atoms with Gasteiger partial charge in [0.2, 0.25) is 0 Å². The molecule has 1 amide bonds. The summed E-state index contributed by atoms with van der Waals surface area (Å²) in [5, 5.41) is 9.15. The molecule has 1 N–H and O–H groups in total. The van der Waals surface area contributed by atoms with E-state index in [1.54, 1.807) is 6.20 Å². The van der Waals surface area contributed by atoms with E-state index in [9.17, 15) is 9.59 Å². The molecule has 0 bridgehead atoms. The van der Waals surface area contributed by atoms with E-state index in [0.717, 1.165) is 32.6 Å². The number of hydrogen-bond donors (Lipinski definition) is 1. The van der Waals surface area contributed by atoms with Crippen LogP contribution in [0.1, 0.15) is 35.3 Å². The third-order valence-corrected chi connectivity index (χ3v) is 5.86. The number of nitrogens with zero attached hydrogens (tertiary/aromatic N) is 5. The smallest absolute Gasteiger partial charge is 0.303 e. The number of carboxylic acids is 1. The summed E-state index contributed by atoms with van der Waals surface area (Å²) in [5.74, 6) is -0.653. The molecule has 27 heavy (non-hydrogen) atoms. The molecule has 3 rings (SSSR count). The molecule has 0 aliphatic carbocycles. The van der Waals surface area contributed by atoms with Gasteiger partial charge in [-0.15, -0.1) is 0 Å².